The quantitative estimate of drug-likeness (QED) is 0.162. The fourth-order valence-electron chi connectivity index (χ4n) is 12.6. The summed E-state index contributed by atoms with van der Waals surface area (Å²) in [7, 11) is 0. The van der Waals surface area contributed by atoms with Gasteiger partial charge in [0.25, 0.3) is 0 Å². The van der Waals surface area contributed by atoms with Gasteiger partial charge in [-0.2, -0.15) is 31.6 Å². The van der Waals surface area contributed by atoms with Crippen LogP contribution >= 0.6 is 0 Å². The molecule has 0 spiro atoms. The van der Waals surface area contributed by atoms with Gasteiger partial charge in [-0.3, -0.25) is 0 Å². The predicted octanol–water partition coefficient (Wildman–Crippen LogP) is 17.7. The summed E-state index contributed by atoms with van der Waals surface area (Å²) in [4.78, 5) is 0. The lowest BCUT2D eigenvalue weighted by atomic mass is 9.80. The van der Waals surface area contributed by atoms with Gasteiger partial charge < -0.3 is 9.13 Å². The Morgan fingerprint density at radius 2 is 0.903 bits per heavy atom. The predicted molar refractivity (Wildman–Crippen MR) is 276 cm³/mol. The standard InChI is InChI=1S/C63H41F6N3/c1-60(2)46-18-9-5-14-37(46)40-27-30-53-56(58(40)60)42-16-7-11-22-50(42)71(53)36-25-26-39(55-48(62(64,65)66)20-13-21-49(55)63(67,68)69)44(33-36)45-32-35(34-70)24-29-52(45)72-51-23-12-8-17-43(51)57-54(72)31-28-41-38-15-6-10-19-47(38)61(3,4)59(41)57/h5-33H,1-4H3. The van der Waals surface area contributed by atoms with E-state index >= 15 is 26.3 Å². The van der Waals surface area contributed by atoms with Crippen LogP contribution in [0.2, 0.25) is 0 Å². The third-order valence-electron chi connectivity index (χ3n) is 15.6. The Morgan fingerprint density at radius 1 is 0.417 bits per heavy atom. The van der Waals surface area contributed by atoms with Gasteiger partial charge in [0.2, 0.25) is 0 Å². The lowest BCUT2D eigenvalue weighted by Crippen LogP contribution is -2.15. The zero-order valence-electron chi connectivity index (χ0n) is 39.4. The molecule has 11 aromatic rings. The Morgan fingerprint density at radius 3 is 1.44 bits per heavy atom. The summed E-state index contributed by atoms with van der Waals surface area (Å²) in [6.45, 7) is 8.82. The fourth-order valence-corrected chi connectivity index (χ4v) is 12.6. The molecule has 72 heavy (non-hydrogen) atoms. The van der Waals surface area contributed by atoms with Crippen molar-refractivity contribution in [3.05, 3.63) is 215 Å². The summed E-state index contributed by atoms with van der Waals surface area (Å²) in [5.74, 6) is 0. The largest absolute Gasteiger partial charge is 0.417 e. The van der Waals surface area contributed by atoms with Crippen molar-refractivity contribution in [2.75, 3.05) is 0 Å². The van der Waals surface area contributed by atoms with Crippen molar-refractivity contribution >= 4 is 43.6 Å². The van der Waals surface area contributed by atoms with E-state index < -0.39 is 39.9 Å². The summed E-state index contributed by atoms with van der Waals surface area (Å²) in [6.07, 6.45) is -10.3. The highest BCUT2D eigenvalue weighted by Gasteiger charge is 2.43. The molecule has 0 N–H and O–H groups in total. The van der Waals surface area contributed by atoms with E-state index in [1.165, 1.54) is 17.2 Å². The summed E-state index contributed by atoms with van der Waals surface area (Å²) in [5.41, 5.74) is 8.87. The topological polar surface area (TPSA) is 33.6 Å². The van der Waals surface area contributed by atoms with Crippen LogP contribution in [0.3, 0.4) is 0 Å². The highest BCUT2D eigenvalue weighted by atomic mass is 19.4. The number of nitriles is 1. The van der Waals surface area contributed by atoms with E-state index in [0.717, 1.165) is 83.1 Å². The van der Waals surface area contributed by atoms with Gasteiger partial charge in [0, 0.05) is 49.2 Å². The van der Waals surface area contributed by atoms with Gasteiger partial charge in [-0.15, -0.1) is 0 Å². The van der Waals surface area contributed by atoms with E-state index in [1.54, 1.807) is 30.3 Å². The highest BCUT2D eigenvalue weighted by Crippen LogP contribution is 2.56. The molecule has 0 saturated carbocycles. The molecule has 9 heteroatoms. The van der Waals surface area contributed by atoms with Crippen molar-refractivity contribution in [1.29, 1.82) is 5.26 Å². The number of para-hydroxylation sites is 2. The minimum atomic E-state index is -5.17. The first-order valence-electron chi connectivity index (χ1n) is 23.8. The first kappa shape index (κ1) is 43.7. The molecule has 2 aliphatic rings. The monoisotopic (exact) mass is 953 g/mol. The molecule has 0 amide bonds. The van der Waals surface area contributed by atoms with Gasteiger partial charge in [0.15, 0.2) is 0 Å². The van der Waals surface area contributed by atoms with Crippen molar-refractivity contribution < 1.29 is 26.3 Å². The van der Waals surface area contributed by atoms with Crippen LogP contribution in [0.1, 0.15) is 66.6 Å². The van der Waals surface area contributed by atoms with Crippen LogP contribution in [0, 0.1) is 11.3 Å². The van der Waals surface area contributed by atoms with E-state index in [2.05, 4.69) is 92.9 Å². The van der Waals surface area contributed by atoms with Crippen LogP contribution in [0.15, 0.2) is 176 Å². The maximum absolute atomic E-state index is 15.4. The molecule has 13 rings (SSSR count). The number of benzene rings is 9. The lowest BCUT2D eigenvalue weighted by molar-refractivity contribution is -0.142. The zero-order chi connectivity index (χ0) is 49.8. The molecule has 2 aliphatic carbocycles. The summed E-state index contributed by atoms with van der Waals surface area (Å²) in [5, 5.41) is 14.5. The normalized spacial score (nSPS) is 14.5. The number of hydrogen-bond acceptors (Lipinski definition) is 1. The van der Waals surface area contributed by atoms with E-state index in [4.69, 9.17) is 0 Å². The number of aromatic nitrogens is 2. The Hall–Kier alpha value is -8.35. The molecule has 0 saturated heterocycles. The molecule has 0 aliphatic heterocycles. The van der Waals surface area contributed by atoms with Gasteiger partial charge in [0.05, 0.1) is 50.5 Å². The highest BCUT2D eigenvalue weighted by molar-refractivity contribution is 6.16. The molecular formula is C63H41F6N3. The number of nitrogens with zero attached hydrogens (tertiary/aromatic N) is 3. The second-order valence-electron chi connectivity index (χ2n) is 20.1. The van der Waals surface area contributed by atoms with Gasteiger partial charge in [-0.1, -0.05) is 137 Å². The zero-order valence-corrected chi connectivity index (χ0v) is 39.4. The van der Waals surface area contributed by atoms with Gasteiger partial charge >= 0.3 is 12.4 Å². The number of fused-ring (bicyclic) bond motifs is 14. The summed E-state index contributed by atoms with van der Waals surface area (Å²) in [6, 6.07) is 55.0. The number of alkyl halides is 6. The maximum atomic E-state index is 15.4. The Kier molecular flexibility index (Phi) is 9.00. The molecule has 0 bridgehead atoms. The van der Waals surface area contributed by atoms with Crippen molar-refractivity contribution in [3.63, 3.8) is 0 Å². The van der Waals surface area contributed by atoms with Crippen LogP contribution in [-0.2, 0) is 23.2 Å². The van der Waals surface area contributed by atoms with E-state index in [9.17, 15) is 5.26 Å². The average molecular weight is 954 g/mol. The summed E-state index contributed by atoms with van der Waals surface area (Å²) < 4.78 is 96.4. The van der Waals surface area contributed by atoms with Crippen LogP contribution < -0.4 is 0 Å². The number of rotatable bonds is 4. The van der Waals surface area contributed by atoms with E-state index in [-0.39, 0.29) is 22.3 Å². The Labute approximate surface area is 410 Å². The first-order valence-corrected chi connectivity index (χ1v) is 23.8. The maximum Gasteiger partial charge on any atom is 0.417 e. The number of hydrogen-bond donors (Lipinski definition) is 0. The molecule has 0 unspecified atom stereocenters. The van der Waals surface area contributed by atoms with E-state index in [0.29, 0.717) is 23.5 Å². The molecule has 0 atom stereocenters. The molecule has 0 fully saturated rings. The molecule has 350 valence electrons. The van der Waals surface area contributed by atoms with Crippen LogP contribution in [0.5, 0.6) is 0 Å². The molecule has 3 nitrogen and oxygen atoms in total. The summed E-state index contributed by atoms with van der Waals surface area (Å²) >= 11 is 0. The Balaban J connectivity index is 1.16. The van der Waals surface area contributed by atoms with Crippen molar-refractivity contribution in [3.8, 4) is 62.0 Å². The van der Waals surface area contributed by atoms with Crippen molar-refractivity contribution in [2.24, 2.45) is 0 Å². The minimum absolute atomic E-state index is 0.0847. The third-order valence-corrected chi connectivity index (χ3v) is 15.6. The van der Waals surface area contributed by atoms with Gasteiger partial charge in [-0.25, -0.2) is 0 Å². The van der Waals surface area contributed by atoms with Gasteiger partial charge in [-0.05, 0) is 122 Å². The van der Waals surface area contributed by atoms with Crippen LogP contribution in [-0.4, -0.2) is 9.13 Å². The average Bonchev–Trinajstić information content (AvgIpc) is 4.04. The molecule has 9 aromatic carbocycles. The molecule has 2 aromatic heterocycles. The van der Waals surface area contributed by atoms with Gasteiger partial charge in [0.1, 0.15) is 0 Å². The smallest absolute Gasteiger partial charge is 0.309 e. The number of halogens is 6. The Bertz CT molecular complexity index is 4180. The van der Waals surface area contributed by atoms with Crippen LogP contribution in [0.4, 0.5) is 26.3 Å². The lowest BCUT2D eigenvalue weighted by Gasteiger charge is -2.24. The van der Waals surface area contributed by atoms with Crippen molar-refractivity contribution in [1.82, 2.24) is 9.13 Å². The van der Waals surface area contributed by atoms with Crippen molar-refractivity contribution in [2.45, 2.75) is 50.9 Å². The molecular weight excluding hydrogens is 913 g/mol. The second-order valence-corrected chi connectivity index (χ2v) is 20.1. The second kappa shape index (κ2) is 14.8. The van der Waals surface area contributed by atoms with E-state index in [1.807, 2.05) is 71.3 Å². The third kappa shape index (κ3) is 5.92. The first-order chi connectivity index (χ1) is 34.5. The fraction of sp³-hybridized carbons (Fsp3) is 0.127. The van der Waals surface area contributed by atoms with Crippen LogP contribution in [0.25, 0.3) is 99.5 Å². The SMILES string of the molecule is CC1(C)c2ccccc2-c2ccc3c(c21)c1ccccc1n3-c1ccc(-c2c(C(F)(F)F)cccc2C(F)(F)F)c(-c2cc(C#N)ccc2-n2c3ccccc3c3c4c(ccc32)-c2ccccc2C4(C)C)c1. The molecule has 0 radical (unpaired) electrons. The minimum Gasteiger partial charge on any atom is -0.309 e. The molecule has 2 heterocycles.